The van der Waals surface area contributed by atoms with Crippen molar-refractivity contribution in [1.82, 2.24) is 4.72 Å². The first-order valence-electron chi connectivity index (χ1n) is 5.44. The normalized spacial score (nSPS) is 15.5. The molecule has 0 unspecified atom stereocenters. The van der Waals surface area contributed by atoms with Gasteiger partial charge in [-0.1, -0.05) is 20.3 Å². The summed E-state index contributed by atoms with van der Waals surface area (Å²) < 4.78 is 26.6. The highest BCUT2D eigenvalue weighted by molar-refractivity contribution is 7.91. The summed E-state index contributed by atoms with van der Waals surface area (Å²) in [6.07, 6.45) is 1.40. The molecule has 0 fully saturated rings. The van der Waals surface area contributed by atoms with Crippen LogP contribution in [0.4, 0.5) is 0 Å². The first-order chi connectivity index (χ1) is 7.90. The predicted molar refractivity (Wildman–Crippen MR) is 68.7 cm³/mol. The van der Waals surface area contributed by atoms with Crippen LogP contribution in [-0.2, 0) is 14.8 Å². The zero-order valence-corrected chi connectivity index (χ0v) is 11.8. The smallest absolute Gasteiger partial charge is 0.250 e. The van der Waals surface area contributed by atoms with Crippen molar-refractivity contribution in [1.29, 1.82) is 0 Å². The van der Waals surface area contributed by atoms with E-state index >= 15 is 0 Å². The summed E-state index contributed by atoms with van der Waals surface area (Å²) in [5.74, 6) is -0.0108. The third-order valence-electron chi connectivity index (χ3n) is 2.68. The lowest BCUT2D eigenvalue weighted by Gasteiger charge is -2.17. The van der Waals surface area contributed by atoms with Gasteiger partial charge in [-0.2, -0.15) is 4.72 Å². The van der Waals surface area contributed by atoms with E-state index in [4.69, 9.17) is 0 Å². The van der Waals surface area contributed by atoms with E-state index in [2.05, 4.69) is 4.72 Å². The van der Waals surface area contributed by atoms with E-state index in [1.807, 2.05) is 20.8 Å². The Balaban J connectivity index is 2.89. The van der Waals surface area contributed by atoms with Crippen LogP contribution in [0.5, 0.6) is 0 Å². The van der Waals surface area contributed by atoms with Crippen molar-refractivity contribution in [2.45, 2.75) is 37.4 Å². The number of aryl methyl sites for hydroxylation is 1. The second kappa shape index (κ2) is 5.75. The van der Waals surface area contributed by atoms with Crippen molar-refractivity contribution in [3.8, 4) is 0 Å². The van der Waals surface area contributed by atoms with E-state index in [0.29, 0.717) is 6.29 Å². The van der Waals surface area contributed by atoms with E-state index in [9.17, 15) is 13.2 Å². The molecule has 0 spiro atoms. The summed E-state index contributed by atoms with van der Waals surface area (Å²) in [4.78, 5) is 11.8. The van der Waals surface area contributed by atoms with Crippen molar-refractivity contribution >= 4 is 27.6 Å². The number of carbonyl (C=O) groups excluding carboxylic acids is 1. The fourth-order valence-corrected chi connectivity index (χ4v) is 3.90. The second-order valence-electron chi connectivity index (χ2n) is 4.03. The van der Waals surface area contributed by atoms with Gasteiger partial charge in [0.2, 0.25) is 0 Å². The molecule has 1 aromatic heterocycles. The molecule has 1 heterocycles. The number of hydrogen-bond donors (Lipinski definition) is 1. The SMILES string of the molecule is CC[C@H](C)[C@@H](C=O)NS(=O)(=O)c1ccc(C)s1. The standard InChI is InChI=1S/C11H17NO3S2/c1-4-8(2)10(7-13)12-17(14,15)11-6-5-9(3)16-11/h5-8,10,12H,4H2,1-3H3/t8-,10+/m0/s1. The van der Waals surface area contributed by atoms with Gasteiger partial charge in [0.15, 0.2) is 0 Å². The minimum atomic E-state index is -3.57. The van der Waals surface area contributed by atoms with Gasteiger partial charge in [0.05, 0.1) is 6.04 Å². The molecular weight excluding hydrogens is 258 g/mol. The molecule has 1 aromatic rings. The van der Waals surface area contributed by atoms with Crippen molar-refractivity contribution in [3.05, 3.63) is 17.0 Å². The third-order valence-corrected chi connectivity index (χ3v) is 5.63. The average Bonchev–Trinajstić information content (AvgIpc) is 2.72. The van der Waals surface area contributed by atoms with Gasteiger partial charge in [-0.05, 0) is 25.0 Å². The highest BCUT2D eigenvalue weighted by Gasteiger charge is 2.24. The zero-order chi connectivity index (χ0) is 13.1. The van der Waals surface area contributed by atoms with Crippen molar-refractivity contribution in [2.75, 3.05) is 0 Å². The van der Waals surface area contributed by atoms with Crippen LogP contribution in [0.1, 0.15) is 25.1 Å². The fourth-order valence-electron chi connectivity index (χ4n) is 1.33. The number of thiophene rings is 1. The summed E-state index contributed by atoms with van der Waals surface area (Å²) in [6, 6.07) is 2.64. The summed E-state index contributed by atoms with van der Waals surface area (Å²) in [7, 11) is -3.57. The molecule has 1 N–H and O–H groups in total. The summed E-state index contributed by atoms with van der Waals surface area (Å²) in [5.41, 5.74) is 0. The Morgan fingerprint density at radius 2 is 2.12 bits per heavy atom. The molecule has 0 saturated carbocycles. The fraction of sp³-hybridized carbons (Fsp3) is 0.545. The van der Waals surface area contributed by atoms with E-state index < -0.39 is 16.1 Å². The predicted octanol–water partition coefficient (Wildman–Crippen LogP) is 1.95. The van der Waals surface area contributed by atoms with E-state index in [1.54, 1.807) is 12.1 Å². The van der Waals surface area contributed by atoms with Crippen LogP contribution in [0.3, 0.4) is 0 Å². The molecule has 0 aliphatic rings. The minimum absolute atomic E-state index is 0.0108. The van der Waals surface area contributed by atoms with E-state index in [1.165, 1.54) is 11.3 Å². The minimum Gasteiger partial charge on any atom is -0.302 e. The maximum absolute atomic E-state index is 12.0. The number of carbonyl (C=O) groups is 1. The highest BCUT2D eigenvalue weighted by Crippen LogP contribution is 2.21. The monoisotopic (exact) mass is 275 g/mol. The highest BCUT2D eigenvalue weighted by atomic mass is 32.2. The molecule has 17 heavy (non-hydrogen) atoms. The molecular formula is C11H17NO3S2. The van der Waals surface area contributed by atoms with Crippen molar-refractivity contribution < 1.29 is 13.2 Å². The topological polar surface area (TPSA) is 63.2 Å². The molecule has 4 nitrogen and oxygen atoms in total. The summed E-state index contributed by atoms with van der Waals surface area (Å²) >= 11 is 1.20. The Hall–Kier alpha value is -0.720. The van der Waals surface area contributed by atoms with Gasteiger partial charge in [-0.3, -0.25) is 0 Å². The van der Waals surface area contributed by atoms with Crippen LogP contribution in [-0.4, -0.2) is 20.7 Å². The van der Waals surface area contributed by atoms with Crippen molar-refractivity contribution in [2.24, 2.45) is 5.92 Å². The lowest BCUT2D eigenvalue weighted by molar-refractivity contribution is -0.110. The Morgan fingerprint density at radius 1 is 1.47 bits per heavy atom. The zero-order valence-electron chi connectivity index (χ0n) is 10.1. The van der Waals surface area contributed by atoms with Gasteiger partial charge in [0.25, 0.3) is 10.0 Å². The van der Waals surface area contributed by atoms with Crippen LogP contribution in [0.25, 0.3) is 0 Å². The van der Waals surface area contributed by atoms with Crippen LogP contribution in [0, 0.1) is 12.8 Å². The molecule has 0 saturated heterocycles. The Kier molecular flexibility index (Phi) is 4.85. The lowest BCUT2D eigenvalue weighted by Crippen LogP contribution is -2.40. The van der Waals surface area contributed by atoms with Crippen LogP contribution in [0.15, 0.2) is 16.3 Å². The molecule has 2 atom stereocenters. The molecule has 0 aromatic carbocycles. The molecule has 0 radical (unpaired) electrons. The van der Waals surface area contributed by atoms with Crippen molar-refractivity contribution in [3.63, 3.8) is 0 Å². The average molecular weight is 275 g/mol. The Labute approximate surface area is 106 Å². The molecule has 96 valence electrons. The summed E-state index contributed by atoms with van der Waals surface area (Å²) in [6.45, 7) is 5.61. The molecule has 0 aliphatic heterocycles. The molecule has 0 amide bonds. The molecule has 6 heteroatoms. The number of rotatable bonds is 6. The Morgan fingerprint density at radius 3 is 2.53 bits per heavy atom. The van der Waals surface area contributed by atoms with Gasteiger partial charge in [-0.15, -0.1) is 11.3 Å². The van der Waals surface area contributed by atoms with E-state index in [-0.39, 0.29) is 10.1 Å². The lowest BCUT2D eigenvalue weighted by atomic mass is 10.0. The molecule has 0 aliphatic carbocycles. The largest absolute Gasteiger partial charge is 0.302 e. The van der Waals surface area contributed by atoms with Crippen LogP contribution in [0.2, 0.25) is 0 Å². The van der Waals surface area contributed by atoms with Crippen LogP contribution < -0.4 is 4.72 Å². The van der Waals surface area contributed by atoms with E-state index in [0.717, 1.165) is 11.3 Å². The molecule has 0 bridgehead atoms. The number of aldehydes is 1. The Bertz CT molecular complexity index is 479. The number of nitrogens with one attached hydrogen (secondary N) is 1. The van der Waals surface area contributed by atoms with Gasteiger partial charge in [-0.25, -0.2) is 8.42 Å². The van der Waals surface area contributed by atoms with Crippen LogP contribution >= 0.6 is 11.3 Å². The van der Waals surface area contributed by atoms with Gasteiger partial charge in [0, 0.05) is 4.88 Å². The quantitative estimate of drug-likeness (QED) is 0.807. The number of hydrogen-bond acceptors (Lipinski definition) is 4. The second-order valence-corrected chi connectivity index (χ2v) is 7.26. The summed E-state index contributed by atoms with van der Waals surface area (Å²) in [5, 5.41) is 0. The van der Waals surface area contributed by atoms with Gasteiger partial charge >= 0.3 is 0 Å². The van der Waals surface area contributed by atoms with Gasteiger partial charge in [0.1, 0.15) is 10.5 Å². The first-order valence-corrected chi connectivity index (χ1v) is 7.74. The van der Waals surface area contributed by atoms with Gasteiger partial charge < -0.3 is 4.79 Å². The molecule has 1 rings (SSSR count). The maximum Gasteiger partial charge on any atom is 0.250 e. The maximum atomic E-state index is 12.0. The first kappa shape index (κ1) is 14.3. The third kappa shape index (κ3) is 3.62. The number of sulfonamides is 1.